The molecule has 1 aromatic heterocycles. The van der Waals surface area contributed by atoms with Crippen LogP contribution in [0.25, 0.3) is 0 Å². The van der Waals surface area contributed by atoms with Crippen LogP contribution >= 0.6 is 11.8 Å². The van der Waals surface area contributed by atoms with Crippen molar-refractivity contribution < 1.29 is 9.90 Å². The number of nitrogens with one attached hydrogen (secondary N) is 1. The van der Waals surface area contributed by atoms with Crippen molar-refractivity contribution in [2.75, 3.05) is 5.75 Å². The van der Waals surface area contributed by atoms with E-state index in [1.807, 2.05) is 19.9 Å². The summed E-state index contributed by atoms with van der Waals surface area (Å²) < 4.78 is 0. The van der Waals surface area contributed by atoms with E-state index in [0.29, 0.717) is 0 Å². The van der Waals surface area contributed by atoms with Gasteiger partial charge >= 0.3 is 5.97 Å². The smallest absolute Gasteiger partial charge is 0.324 e. The van der Waals surface area contributed by atoms with E-state index in [9.17, 15) is 9.90 Å². The number of aromatic nitrogens is 2. The summed E-state index contributed by atoms with van der Waals surface area (Å²) in [5.41, 5.74) is -0.750. The highest BCUT2D eigenvalue weighted by Gasteiger charge is 2.48. The van der Waals surface area contributed by atoms with Crippen LogP contribution in [0, 0.1) is 5.92 Å². The number of thioether (sulfide) groups is 1. The van der Waals surface area contributed by atoms with Crippen molar-refractivity contribution in [2.45, 2.75) is 56.1 Å². The Morgan fingerprint density at radius 2 is 2.43 bits per heavy atom. The van der Waals surface area contributed by atoms with Crippen molar-refractivity contribution >= 4 is 17.7 Å². The van der Waals surface area contributed by atoms with Gasteiger partial charge in [0, 0.05) is 12.2 Å². The van der Waals surface area contributed by atoms with Gasteiger partial charge in [0.1, 0.15) is 11.9 Å². The second-order valence-electron chi connectivity index (χ2n) is 5.85. The SMILES string of the molecule is CC(C)NC1(C(=O)O)CCCC1CCSc1ccncn1. The zero-order valence-corrected chi connectivity index (χ0v) is 13.4. The lowest BCUT2D eigenvalue weighted by atomic mass is 9.84. The Balaban J connectivity index is 1.95. The van der Waals surface area contributed by atoms with Crippen molar-refractivity contribution in [1.82, 2.24) is 15.3 Å². The molecule has 2 rings (SSSR count). The van der Waals surface area contributed by atoms with Crippen molar-refractivity contribution in [3.8, 4) is 0 Å². The molecule has 0 bridgehead atoms. The van der Waals surface area contributed by atoms with Crippen LogP contribution in [0.4, 0.5) is 0 Å². The highest BCUT2D eigenvalue weighted by atomic mass is 32.2. The van der Waals surface area contributed by atoms with Crippen LogP contribution in [0.2, 0.25) is 0 Å². The van der Waals surface area contributed by atoms with Gasteiger partial charge in [0.15, 0.2) is 0 Å². The Morgan fingerprint density at radius 1 is 1.62 bits per heavy atom. The standard InChI is InChI=1S/C15H23N3O2S/c1-11(2)18-15(14(19)20)7-3-4-12(15)6-9-21-13-5-8-16-10-17-13/h5,8,10-12,18H,3-4,6-7,9H2,1-2H3,(H,19,20). The Morgan fingerprint density at radius 3 is 3.05 bits per heavy atom. The van der Waals surface area contributed by atoms with Crippen LogP contribution in [-0.4, -0.2) is 38.4 Å². The van der Waals surface area contributed by atoms with Gasteiger partial charge in [-0.1, -0.05) is 6.42 Å². The predicted octanol–water partition coefficient (Wildman–Crippen LogP) is 2.58. The third kappa shape index (κ3) is 3.95. The maximum atomic E-state index is 11.8. The largest absolute Gasteiger partial charge is 0.480 e. The summed E-state index contributed by atoms with van der Waals surface area (Å²) in [5.74, 6) is 0.369. The molecule has 0 aromatic carbocycles. The maximum Gasteiger partial charge on any atom is 0.324 e. The molecule has 1 heterocycles. The lowest BCUT2D eigenvalue weighted by molar-refractivity contribution is -0.147. The minimum absolute atomic E-state index is 0.177. The highest BCUT2D eigenvalue weighted by Crippen LogP contribution is 2.39. The lowest BCUT2D eigenvalue weighted by Crippen LogP contribution is -2.57. The molecule has 5 nitrogen and oxygen atoms in total. The van der Waals surface area contributed by atoms with Crippen LogP contribution in [0.1, 0.15) is 39.5 Å². The first-order valence-corrected chi connectivity index (χ1v) is 8.43. The second kappa shape index (κ2) is 7.22. The van der Waals surface area contributed by atoms with Gasteiger partial charge in [0.25, 0.3) is 0 Å². The number of aliphatic carboxylic acids is 1. The molecule has 1 aliphatic rings. The van der Waals surface area contributed by atoms with E-state index < -0.39 is 11.5 Å². The monoisotopic (exact) mass is 309 g/mol. The van der Waals surface area contributed by atoms with Crippen LogP contribution in [0.5, 0.6) is 0 Å². The fourth-order valence-electron chi connectivity index (χ4n) is 3.19. The van der Waals surface area contributed by atoms with Gasteiger partial charge in [-0.15, -0.1) is 11.8 Å². The summed E-state index contributed by atoms with van der Waals surface area (Å²) in [6.45, 7) is 4.02. The van der Waals surface area contributed by atoms with E-state index >= 15 is 0 Å². The molecule has 116 valence electrons. The van der Waals surface area contributed by atoms with E-state index in [4.69, 9.17) is 0 Å². The first kappa shape index (κ1) is 16.2. The number of carbonyl (C=O) groups is 1. The molecule has 21 heavy (non-hydrogen) atoms. The van der Waals surface area contributed by atoms with Gasteiger partial charge in [-0.3, -0.25) is 10.1 Å². The van der Waals surface area contributed by atoms with Gasteiger partial charge in [0.05, 0.1) is 5.03 Å². The van der Waals surface area contributed by atoms with Crippen molar-refractivity contribution in [3.63, 3.8) is 0 Å². The Kier molecular flexibility index (Phi) is 5.58. The summed E-state index contributed by atoms with van der Waals surface area (Å²) in [7, 11) is 0. The van der Waals surface area contributed by atoms with Gasteiger partial charge in [-0.25, -0.2) is 9.97 Å². The molecule has 2 N–H and O–H groups in total. The van der Waals surface area contributed by atoms with Crippen LogP contribution < -0.4 is 5.32 Å². The molecule has 6 heteroatoms. The first-order valence-electron chi connectivity index (χ1n) is 7.44. The van der Waals surface area contributed by atoms with E-state index in [-0.39, 0.29) is 12.0 Å². The zero-order chi connectivity index (χ0) is 15.3. The Labute approximate surface area is 130 Å². The Bertz CT molecular complexity index is 469. The molecule has 1 saturated carbocycles. The molecule has 1 aliphatic carbocycles. The number of nitrogens with zero attached hydrogens (tertiary/aromatic N) is 2. The molecule has 0 aliphatic heterocycles. The summed E-state index contributed by atoms with van der Waals surface area (Å²) in [4.78, 5) is 19.9. The molecule has 0 spiro atoms. The van der Waals surface area contributed by atoms with Crippen LogP contribution in [-0.2, 0) is 4.79 Å². The van der Waals surface area contributed by atoms with Gasteiger partial charge in [0.2, 0.25) is 0 Å². The molecule has 2 atom stereocenters. The summed E-state index contributed by atoms with van der Waals surface area (Å²) in [6.07, 6.45) is 6.85. The average molecular weight is 309 g/mol. The average Bonchev–Trinajstić information content (AvgIpc) is 2.83. The van der Waals surface area contributed by atoms with Crippen molar-refractivity contribution in [2.24, 2.45) is 5.92 Å². The van der Waals surface area contributed by atoms with E-state index in [0.717, 1.165) is 36.5 Å². The number of carboxylic acid groups (broad SMARTS) is 1. The molecule has 0 saturated heterocycles. The second-order valence-corrected chi connectivity index (χ2v) is 6.96. The fraction of sp³-hybridized carbons (Fsp3) is 0.667. The topological polar surface area (TPSA) is 75.1 Å². The Hall–Kier alpha value is -1.14. The van der Waals surface area contributed by atoms with Crippen molar-refractivity contribution in [1.29, 1.82) is 0 Å². The third-order valence-electron chi connectivity index (χ3n) is 4.02. The summed E-state index contributed by atoms with van der Waals surface area (Å²) in [5, 5.41) is 14.0. The van der Waals surface area contributed by atoms with Crippen molar-refractivity contribution in [3.05, 3.63) is 18.6 Å². The molecular weight excluding hydrogens is 286 g/mol. The minimum Gasteiger partial charge on any atom is -0.480 e. The molecule has 1 fully saturated rings. The highest BCUT2D eigenvalue weighted by molar-refractivity contribution is 7.99. The summed E-state index contributed by atoms with van der Waals surface area (Å²) >= 11 is 1.67. The quantitative estimate of drug-likeness (QED) is 0.595. The first-order chi connectivity index (χ1) is 10.0. The molecule has 1 aromatic rings. The van der Waals surface area contributed by atoms with Crippen LogP contribution in [0.15, 0.2) is 23.6 Å². The van der Waals surface area contributed by atoms with E-state index in [2.05, 4.69) is 15.3 Å². The third-order valence-corrected chi connectivity index (χ3v) is 5.00. The van der Waals surface area contributed by atoms with Gasteiger partial charge < -0.3 is 5.11 Å². The maximum absolute atomic E-state index is 11.8. The van der Waals surface area contributed by atoms with Gasteiger partial charge in [-0.2, -0.15) is 0 Å². The van der Waals surface area contributed by atoms with E-state index in [1.54, 1.807) is 24.3 Å². The van der Waals surface area contributed by atoms with Gasteiger partial charge in [-0.05, 0) is 50.8 Å². The molecule has 2 unspecified atom stereocenters. The molecule has 0 radical (unpaired) electrons. The predicted molar refractivity (Wildman–Crippen MR) is 83.4 cm³/mol. The fourth-order valence-corrected chi connectivity index (χ4v) is 4.08. The van der Waals surface area contributed by atoms with E-state index in [1.165, 1.54) is 0 Å². The summed E-state index contributed by atoms with van der Waals surface area (Å²) in [6, 6.07) is 2.06. The molecule has 0 amide bonds. The number of rotatable bonds is 7. The zero-order valence-electron chi connectivity index (χ0n) is 12.6. The molecular formula is C15H23N3O2S. The number of hydrogen-bond donors (Lipinski definition) is 2. The number of hydrogen-bond acceptors (Lipinski definition) is 5. The normalized spacial score (nSPS) is 25.4. The lowest BCUT2D eigenvalue weighted by Gasteiger charge is -2.34. The van der Waals surface area contributed by atoms with Crippen LogP contribution in [0.3, 0.4) is 0 Å². The number of carboxylic acids is 1. The minimum atomic E-state index is -0.750.